The maximum atomic E-state index is 12.1. The molecule has 2 rings (SSSR count). The second-order valence-electron chi connectivity index (χ2n) is 5.17. The number of hydrogen-bond donors (Lipinski definition) is 2. The van der Waals surface area contributed by atoms with Crippen molar-refractivity contribution in [3.63, 3.8) is 0 Å². The van der Waals surface area contributed by atoms with Crippen LogP contribution >= 0.6 is 0 Å². The molecule has 0 aromatic heterocycles. The second kappa shape index (κ2) is 8.77. The summed E-state index contributed by atoms with van der Waals surface area (Å²) in [4.78, 5) is 13.9. The smallest absolute Gasteiger partial charge is 0.224 e. The number of rotatable bonds is 7. The SMILES string of the molecule is O=C(CCNC(CCO)c1ccccc1)N1CCOCC1. The van der Waals surface area contributed by atoms with Crippen LogP contribution in [-0.2, 0) is 9.53 Å². The van der Waals surface area contributed by atoms with Crippen molar-refractivity contribution >= 4 is 5.91 Å². The van der Waals surface area contributed by atoms with E-state index in [0.29, 0.717) is 45.7 Å². The minimum Gasteiger partial charge on any atom is -0.396 e. The minimum atomic E-state index is 0.0914. The molecule has 1 aromatic carbocycles. The number of hydrogen-bond acceptors (Lipinski definition) is 4. The lowest BCUT2D eigenvalue weighted by molar-refractivity contribution is -0.135. The third-order valence-corrected chi connectivity index (χ3v) is 3.71. The van der Waals surface area contributed by atoms with Gasteiger partial charge < -0.3 is 20.1 Å². The van der Waals surface area contributed by atoms with Crippen molar-refractivity contribution in [1.82, 2.24) is 10.2 Å². The van der Waals surface area contributed by atoms with Crippen LogP contribution in [0.15, 0.2) is 30.3 Å². The Balaban J connectivity index is 1.78. The molecule has 1 heterocycles. The van der Waals surface area contributed by atoms with Crippen molar-refractivity contribution in [2.45, 2.75) is 18.9 Å². The monoisotopic (exact) mass is 292 g/mol. The molecule has 2 N–H and O–H groups in total. The number of nitrogens with one attached hydrogen (secondary N) is 1. The number of aliphatic hydroxyl groups is 1. The van der Waals surface area contributed by atoms with E-state index in [0.717, 1.165) is 5.56 Å². The van der Waals surface area contributed by atoms with Crippen molar-refractivity contribution in [1.29, 1.82) is 0 Å². The zero-order valence-corrected chi connectivity index (χ0v) is 12.3. The molecule has 1 fully saturated rings. The van der Waals surface area contributed by atoms with Crippen LogP contribution < -0.4 is 5.32 Å². The van der Waals surface area contributed by atoms with E-state index in [2.05, 4.69) is 5.32 Å². The Morgan fingerprint density at radius 2 is 2.00 bits per heavy atom. The van der Waals surface area contributed by atoms with E-state index in [1.165, 1.54) is 0 Å². The van der Waals surface area contributed by atoms with Gasteiger partial charge in [0.2, 0.25) is 5.91 Å². The lowest BCUT2D eigenvalue weighted by Gasteiger charge is -2.27. The molecule has 1 amide bonds. The van der Waals surface area contributed by atoms with E-state index in [-0.39, 0.29) is 18.6 Å². The third-order valence-electron chi connectivity index (χ3n) is 3.71. The number of carbonyl (C=O) groups is 1. The first-order valence-electron chi connectivity index (χ1n) is 7.56. The van der Waals surface area contributed by atoms with Crippen LogP contribution in [-0.4, -0.2) is 55.4 Å². The van der Waals surface area contributed by atoms with E-state index in [4.69, 9.17) is 4.74 Å². The number of amides is 1. The van der Waals surface area contributed by atoms with Crippen molar-refractivity contribution < 1.29 is 14.6 Å². The summed E-state index contributed by atoms with van der Waals surface area (Å²) >= 11 is 0. The predicted molar refractivity (Wildman–Crippen MR) is 80.9 cm³/mol. The fraction of sp³-hybridized carbons (Fsp3) is 0.562. The molecule has 0 aliphatic carbocycles. The van der Waals surface area contributed by atoms with Crippen LogP contribution in [0.5, 0.6) is 0 Å². The fourth-order valence-electron chi connectivity index (χ4n) is 2.53. The molecule has 0 bridgehead atoms. The largest absolute Gasteiger partial charge is 0.396 e. The molecule has 1 saturated heterocycles. The zero-order valence-electron chi connectivity index (χ0n) is 12.3. The van der Waals surface area contributed by atoms with Gasteiger partial charge in [0, 0.05) is 38.7 Å². The lowest BCUT2D eigenvalue weighted by Crippen LogP contribution is -2.41. The molecule has 1 unspecified atom stereocenters. The molecule has 0 radical (unpaired) electrons. The Morgan fingerprint density at radius 1 is 1.29 bits per heavy atom. The number of aliphatic hydroxyl groups excluding tert-OH is 1. The molecule has 1 aromatic rings. The first-order chi connectivity index (χ1) is 10.3. The van der Waals surface area contributed by atoms with Crippen molar-refractivity contribution in [2.24, 2.45) is 0 Å². The summed E-state index contributed by atoms with van der Waals surface area (Å²) in [5, 5.41) is 12.5. The Kier molecular flexibility index (Phi) is 6.66. The highest BCUT2D eigenvalue weighted by molar-refractivity contribution is 5.76. The summed E-state index contributed by atoms with van der Waals surface area (Å²) in [6, 6.07) is 10.1. The van der Waals surface area contributed by atoms with E-state index in [1.54, 1.807) is 0 Å². The van der Waals surface area contributed by atoms with Gasteiger partial charge in [0.1, 0.15) is 0 Å². The number of benzene rings is 1. The molecular weight excluding hydrogens is 268 g/mol. The van der Waals surface area contributed by atoms with E-state index in [1.807, 2.05) is 35.2 Å². The summed E-state index contributed by atoms with van der Waals surface area (Å²) in [7, 11) is 0. The number of morpholine rings is 1. The predicted octanol–water partition coefficient (Wildman–Crippen LogP) is 0.949. The Morgan fingerprint density at radius 3 is 2.67 bits per heavy atom. The summed E-state index contributed by atoms with van der Waals surface area (Å²) in [6.07, 6.45) is 1.13. The standard InChI is InChI=1S/C16H24N2O3/c19-11-7-15(14-4-2-1-3-5-14)17-8-6-16(20)18-9-12-21-13-10-18/h1-5,15,17,19H,6-13H2. The Labute approximate surface area is 125 Å². The molecule has 1 aliphatic heterocycles. The minimum absolute atomic E-state index is 0.0914. The van der Waals surface area contributed by atoms with Crippen LogP contribution in [0, 0.1) is 0 Å². The van der Waals surface area contributed by atoms with Gasteiger partial charge in [-0.25, -0.2) is 0 Å². The molecule has 116 valence electrons. The van der Waals surface area contributed by atoms with Gasteiger partial charge in [0.05, 0.1) is 13.2 Å². The fourth-order valence-corrected chi connectivity index (χ4v) is 2.53. The maximum absolute atomic E-state index is 12.1. The Hall–Kier alpha value is -1.43. The van der Waals surface area contributed by atoms with Gasteiger partial charge in [-0.15, -0.1) is 0 Å². The highest BCUT2D eigenvalue weighted by Gasteiger charge is 2.17. The number of ether oxygens (including phenoxy) is 1. The van der Waals surface area contributed by atoms with Crippen molar-refractivity contribution in [3.8, 4) is 0 Å². The average Bonchev–Trinajstić information content (AvgIpc) is 2.55. The van der Waals surface area contributed by atoms with E-state index < -0.39 is 0 Å². The summed E-state index contributed by atoms with van der Waals surface area (Å²) < 4.78 is 5.25. The first-order valence-corrected chi connectivity index (χ1v) is 7.56. The van der Waals surface area contributed by atoms with Crippen LogP contribution in [0.2, 0.25) is 0 Å². The summed E-state index contributed by atoms with van der Waals surface area (Å²) in [5.41, 5.74) is 1.14. The molecule has 5 nitrogen and oxygen atoms in total. The first kappa shape index (κ1) is 15.9. The highest BCUT2D eigenvalue weighted by atomic mass is 16.5. The van der Waals surface area contributed by atoms with Gasteiger partial charge in [-0.3, -0.25) is 4.79 Å². The number of nitrogens with zero attached hydrogens (tertiary/aromatic N) is 1. The number of carbonyl (C=O) groups excluding carboxylic acids is 1. The molecule has 5 heteroatoms. The van der Waals surface area contributed by atoms with Crippen molar-refractivity contribution in [3.05, 3.63) is 35.9 Å². The van der Waals surface area contributed by atoms with Gasteiger partial charge in [0.25, 0.3) is 0 Å². The van der Waals surface area contributed by atoms with Gasteiger partial charge in [-0.1, -0.05) is 30.3 Å². The normalized spacial score (nSPS) is 16.7. The quantitative estimate of drug-likeness (QED) is 0.785. The molecule has 0 spiro atoms. The topological polar surface area (TPSA) is 61.8 Å². The zero-order chi connectivity index (χ0) is 14.9. The Bertz CT molecular complexity index is 419. The van der Waals surface area contributed by atoms with E-state index >= 15 is 0 Å². The second-order valence-corrected chi connectivity index (χ2v) is 5.17. The molecule has 21 heavy (non-hydrogen) atoms. The van der Waals surface area contributed by atoms with Gasteiger partial charge in [-0.05, 0) is 12.0 Å². The molecule has 1 aliphatic rings. The van der Waals surface area contributed by atoms with Crippen LogP contribution in [0.4, 0.5) is 0 Å². The highest BCUT2D eigenvalue weighted by Crippen LogP contribution is 2.15. The average molecular weight is 292 g/mol. The summed E-state index contributed by atoms with van der Waals surface area (Å²) in [5.74, 6) is 0.168. The van der Waals surface area contributed by atoms with Crippen LogP contribution in [0.3, 0.4) is 0 Å². The summed E-state index contributed by atoms with van der Waals surface area (Å²) in [6.45, 7) is 3.40. The molecule has 0 saturated carbocycles. The third kappa shape index (κ3) is 5.12. The van der Waals surface area contributed by atoms with Gasteiger partial charge in [-0.2, -0.15) is 0 Å². The molecule has 1 atom stereocenters. The van der Waals surface area contributed by atoms with Gasteiger partial charge >= 0.3 is 0 Å². The van der Waals surface area contributed by atoms with Crippen LogP contribution in [0.25, 0.3) is 0 Å². The van der Waals surface area contributed by atoms with Crippen LogP contribution in [0.1, 0.15) is 24.4 Å². The van der Waals surface area contributed by atoms with Crippen molar-refractivity contribution in [2.75, 3.05) is 39.5 Å². The lowest BCUT2D eigenvalue weighted by atomic mass is 10.0. The molecular formula is C16H24N2O3. The van der Waals surface area contributed by atoms with E-state index in [9.17, 15) is 9.90 Å². The maximum Gasteiger partial charge on any atom is 0.224 e. The van der Waals surface area contributed by atoms with Gasteiger partial charge in [0.15, 0.2) is 0 Å².